The van der Waals surface area contributed by atoms with E-state index in [1.54, 1.807) is 24.3 Å². The minimum atomic E-state index is -0.328. The Morgan fingerprint density at radius 2 is 2.00 bits per heavy atom. The third kappa shape index (κ3) is 4.73. The summed E-state index contributed by atoms with van der Waals surface area (Å²) in [7, 11) is 0. The van der Waals surface area contributed by atoms with Gasteiger partial charge in [0.1, 0.15) is 0 Å². The lowest BCUT2D eigenvalue weighted by molar-refractivity contribution is -0.115. The van der Waals surface area contributed by atoms with E-state index in [0.29, 0.717) is 17.4 Å². The number of alkyl halides is 1. The van der Waals surface area contributed by atoms with Gasteiger partial charge in [-0.25, -0.2) is 0 Å². The molecule has 4 heteroatoms. The van der Waals surface area contributed by atoms with Crippen molar-refractivity contribution >= 4 is 29.1 Å². The predicted molar refractivity (Wildman–Crippen MR) is 62.1 cm³/mol. The fourth-order valence-corrected chi connectivity index (χ4v) is 1.09. The number of carbonyl (C=O) groups excluding carboxylic acids is 1. The van der Waals surface area contributed by atoms with Gasteiger partial charge in [-0.15, -0.1) is 11.6 Å². The van der Waals surface area contributed by atoms with Gasteiger partial charge < -0.3 is 5.32 Å². The van der Waals surface area contributed by atoms with Crippen LogP contribution in [0, 0.1) is 11.8 Å². The SMILES string of the molecule is O=C(C#Cc1ccc(Cl)cc1)NCCCl. The number of rotatable bonds is 2. The molecule has 1 amide bonds. The summed E-state index contributed by atoms with van der Waals surface area (Å²) in [4.78, 5) is 11.1. The summed E-state index contributed by atoms with van der Waals surface area (Å²) in [6.07, 6.45) is 0. The van der Waals surface area contributed by atoms with Crippen molar-refractivity contribution in [1.29, 1.82) is 0 Å². The maximum Gasteiger partial charge on any atom is 0.296 e. The molecule has 0 saturated heterocycles. The van der Waals surface area contributed by atoms with Crippen molar-refractivity contribution in [2.75, 3.05) is 12.4 Å². The fourth-order valence-electron chi connectivity index (χ4n) is 0.867. The largest absolute Gasteiger partial charge is 0.344 e. The van der Waals surface area contributed by atoms with Gasteiger partial charge in [-0.05, 0) is 24.3 Å². The van der Waals surface area contributed by atoms with Crippen molar-refractivity contribution < 1.29 is 4.79 Å². The van der Waals surface area contributed by atoms with Crippen LogP contribution in [0.25, 0.3) is 0 Å². The van der Waals surface area contributed by atoms with E-state index in [9.17, 15) is 4.79 Å². The highest BCUT2D eigenvalue weighted by molar-refractivity contribution is 6.30. The molecule has 0 aliphatic heterocycles. The molecular weight excluding hydrogens is 233 g/mol. The average Bonchev–Trinajstić information content (AvgIpc) is 2.25. The second-order valence-corrected chi connectivity index (χ2v) is 3.52. The highest BCUT2D eigenvalue weighted by Gasteiger charge is 1.92. The van der Waals surface area contributed by atoms with Crippen LogP contribution in [0.15, 0.2) is 24.3 Å². The van der Waals surface area contributed by atoms with Crippen LogP contribution in [0.1, 0.15) is 5.56 Å². The minimum Gasteiger partial charge on any atom is -0.344 e. The van der Waals surface area contributed by atoms with Crippen molar-refractivity contribution in [3.63, 3.8) is 0 Å². The van der Waals surface area contributed by atoms with Gasteiger partial charge in [0.25, 0.3) is 5.91 Å². The Morgan fingerprint density at radius 1 is 1.33 bits per heavy atom. The lowest BCUT2D eigenvalue weighted by Gasteiger charge is -1.93. The Kier molecular flexibility index (Phi) is 5.03. The number of carbonyl (C=O) groups is 1. The van der Waals surface area contributed by atoms with Crippen molar-refractivity contribution in [1.82, 2.24) is 5.32 Å². The fraction of sp³-hybridized carbons (Fsp3) is 0.182. The van der Waals surface area contributed by atoms with Crippen LogP contribution >= 0.6 is 23.2 Å². The smallest absolute Gasteiger partial charge is 0.296 e. The van der Waals surface area contributed by atoms with Gasteiger partial charge in [0.15, 0.2) is 0 Å². The predicted octanol–water partition coefficient (Wildman–Crippen LogP) is 2.05. The lowest BCUT2D eigenvalue weighted by atomic mass is 10.2. The van der Waals surface area contributed by atoms with E-state index in [1.807, 2.05) is 0 Å². The first-order chi connectivity index (χ1) is 7.22. The molecule has 0 radical (unpaired) electrons. The van der Waals surface area contributed by atoms with Crippen molar-refractivity contribution in [2.45, 2.75) is 0 Å². The summed E-state index contributed by atoms with van der Waals surface area (Å²) in [5, 5.41) is 3.19. The van der Waals surface area contributed by atoms with Crippen LogP contribution in [0.2, 0.25) is 5.02 Å². The standard InChI is InChI=1S/C11H9Cl2NO/c12-7-8-14-11(15)6-3-9-1-4-10(13)5-2-9/h1-2,4-5H,7-8H2,(H,14,15). The number of hydrogen-bond acceptors (Lipinski definition) is 1. The quantitative estimate of drug-likeness (QED) is 0.624. The Labute approximate surface area is 98.6 Å². The van der Waals surface area contributed by atoms with Gasteiger partial charge in [0, 0.05) is 28.9 Å². The molecule has 0 spiro atoms. The Morgan fingerprint density at radius 3 is 2.60 bits per heavy atom. The van der Waals surface area contributed by atoms with E-state index in [2.05, 4.69) is 17.2 Å². The number of amides is 1. The summed E-state index contributed by atoms with van der Waals surface area (Å²) in [5.41, 5.74) is 0.750. The normalized spacial score (nSPS) is 8.93. The summed E-state index contributed by atoms with van der Waals surface area (Å²) in [6.45, 7) is 0.426. The van der Waals surface area contributed by atoms with E-state index in [0.717, 1.165) is 5.56 Å². The first kappa shape index (κ1) is 11.9. The second kappa shape index (κ2) is 6.34. The van der Waals surface area contributed by atoms with Gasteiger partial charge in [0.05, 0.1) is 0 Å². The zero-order chi connectivity index (χ0) is 11.1. The van der Waals surface area contributed by atoms with Gasteiger partial charge >= 0.3 is 0 Å². The summed E-state index contributed by atoms with van der Waals surface area (Å²) in [6, 6.07) is 6.96. The summed E-state index contributed by atoms with van der Waals surface area (Å²) >= 11 is 11.1. The summed E-state index contributed by atoms with van der Waals surface area (Å²) in [5.74, 6) is 5.22. The number of benzene rings is 1. The number of hydrogen-bond donors (Lipinski definition) is 1. The third-order valence-electron chi connectivity index (χ3n) is 1.54. The van der Waals surface area contributed by atoms with Crippen molar-refractivity contribution in [3.8, 4) is 11.8 Å². The molecule has 0 fully saturated rings. The van der Waals surface area contributed by atoms with Crippen LogP contribution in [-0.4, -0.2) is 18.3 Å². The Bertz CT molecular complexity index is 389. The van der Waals surface area contributed by atoms with Crippen molar-refractivity contribution in [2.24, 2.45) is 0 Å². The van der Waals surface area contributed by atoms with E-state index in [-0.39, 0.29) is 5.91 Å². The van der Waals surface area contributed by atoms with Crippen LogP contribution < -0.4 is 5.32 Å². The molecule has 1 aromatic carbocycles. The highest BCUT2D eigenvalue weighted by Crippen LogP contribution is 2.08. The first-order valence-electron chi connectivity index (χ1n) is 4.34. The topological polar surface area (TPSA) is 29.1 Å². The monoisotopic (exact) mass is 241 g/mol. The van der Waals surface area contributed by atoms with E-state index in [1.165, 1.54) is 0 Å². The number of nitrogens with one attached hydrogen (secondary N) is 1. The van der Waals surface area contributed by atoms with Gasteiger partial charge in [-0.1, -0.05) is 17.5 Å². The molecule has 0 aromatic heterocycles. The zero-order valence-electron chi connectivity index (χ0n) is 7.89. The van der Waals surface area contributed by atoms with Crippen LogP contribution in [0.4, 0.5) is 0 Å². The van der Waals surface area contributed by atoms with Crippen molar-refractivity contribution in [3.05, 3.63) is 34.9 Å². The highest BCUT2D eigenvalue weighted by atomic mass is 35.5. The van der Waals surface area contributed by atoms with Gasteiger partial charge in [0.2, 0.25) is 0 Å². The minimum absolute atomic E-state index is 0.328. The molecule has 78 valence electrons. The molecule has 0 aliphatic carbocycles. The van der Waals surface area contributed by atoms with Gasteiger partial charge in [-0.2, -0.15) is 0 Å². The molecule has 0 bridgehead atoms. The molecule has 1 aromatic rings. The van der Waals surface area contributed by atoms with E-state index in [4.69, 9.17) is 23.2 Å². The Balaban J connectivity index is 2.57. The molecule has 2 nitrogen and oxygen atoms in total. The molecule has 15 heavy (non-hydrogen) atoms. The molecule has 1 N–H and O–H groups in total. The average molecular weight is 242 g/mol. The van der Waals surface area contributed by atoms with E-state index >= 15 is 0 Å². The maximum atomic E-state index is 11.1. The molecule has 0 unspecified atom stereocenters. The van der Waals surface area contributed by atoms with Crippen LogP contribution in [0.3, 0.4) is 0 Å². The van der Waals surface area contributed by atoms with Crippen LogP contribution in [0.5, 0.6) is 0 Å². The second-order valence-electron chi connectivity index (χ2n) is 2.70. The third-order valence-corrected chi connectivity index (χ3v) is 1.99. The molecule has 0 saturated carbocycles. The number of halogens is 2. The zero-order valence-corrected chi connectivity index (χ0v) is 9.40. The van der Waals surface area contributed by atoms with Crippen LogP contribution in [-0.2, 0) is 4.79 Å². The van der Waals surface area contributed by atoms with Gasteiger partial charge in [-0.3, -0.25) is 4.79 Å². The molecule has 0 aliphatic rings. The Hall–Kier alpha value is -1.17. The maximum absolute atomic E-state index is 11.1. The molecule has 1 rings (SSSR count). The first-order valence-corrected chi connectivity index (χ1v) is 5.25. The lowest BCUT2D eigenvalue weighted by Crippen LogP contribution is -2.23. The van der Waals surface area contributed by atoms with E-state index < -0.39 is 0 Å². The molecule has 0 atom stereocenters. The molecule has 0 heterocycles. The molecular formula is C11H9Cl2NO. The summed E-state index contributed by atoms with van der Waals surface area (Å²) < 4.78 is 0.